The van der Waals surface area contributed by atoms with Crippen molar-refractivity contribution in [1.29, 1.82) is 0 Å². The van der Waals surface area contributed by atoms with Crippen LogP contribution in [0.5, 0.6) is 5.75 Å². The van der Waals surface area contributed by atoms with Gasteiger partial charge in [0.15, 0.2) is 11.6 Å². The normalized spacial score (nSPS) is 10.5. The third-order valence-corrected chi connectivity index (χ3v) is 4.25. The molecule has 2 aromatic carbocycles. The Bertz CT molecular complexity index is 904. The molecule has 0 bridgehead atoms. The molecule has 0 fully saturated rings. The first kappa shape index (κ1) is 19.5. The van der Waals surface area contributed by atoms with Crippen LogP contribution in [0.15, 0.2) is 48.8 Å². The minimum atomic E-state index is 0.463. The van der Waals surface area contributed by atoms with E-state index in [2.05, 4.69) is 59.6 Å². The molecule has 146 valence electrons. The summed E-state index contributed by atoms with van der Waals surface area (Å²) in [5.41, 5.74) is 10.9. The Labute approximate surface area is 166 Å². The molecule has 1 aromatic heterocycles. The lowest BCUT2D eigenvalue weighted by atomic mass is 10.1. The zero-order valence-electron chi connectivity index (χ0n) is 16.6. The van der Waals surface area contributed by atoms with Gasteiger partial charge in [0.25, 0.3) is 0 Å². The number of hydrogen-bond acceptors (Lipinski definition) is 6. The second kappa shape index (κ2) is 9.08. The van der Waals surface area contributed by atoms with Crippen LogP contribution in [0.1, 0.15) is 30.9 Å². The second-order valence-electron chi connectivity index (χ2n) is 6.84. The van der Waals surface area contributed by atoms with Gasteiger partial charge in [0.1, 0.15) is 17.8 Å². The monoisotopic (exact) mass is 377 g/mol. The predicted octanol–water partition coefficient (Wildman–Crippen LogP) is 5.34. The molecular formula is C22H27N5O. The van der Waals surface area contributed by atoms with E-state index in [9.17, 15) is 0 Å². The molecule has 0 aliphatic carbocycles. The summed E-state index contributed by atoms with van der Waals surface area (Å²) in [7, 11) is 0. The van der Waals surface area contributed by atoms with Crippen LogP contribution in [-0.4, -0.2) is 16.6 Å². The Hall–Kier alpha value is -3.28. The van der Waals surface area contributed by atoms with Crippen LogP contribution in [0.25, 0.3) is 0 Å². The summed E-state index contributed by atoms with van der Waals surface area (Å²) < 4.78 is 5.69. The fourth-order valence-corrected chi connectivity index (χ4v) is 2.88. The SMILES string of the molecule is CCCCOc1ccc(Nc2ncnc(Nc3cc(C)cc(C)c3)c2N)cc1. The lowest BCUT2D eigenvalue weighted by Gasteiger charge is -2.14. The third-order valence-electron chi connectivity index (χ3n) is 4.25. The number of unbranched alkanes of at least 4 members (excludes halogenated alkanes) is 1. The number of rotatable bonds is 8. The van der Waals surface area contributed by atoms with Crippen molar-refractivity contribution in [2.45, 2.75) is 33.6 Å². The Morgan fingerprint density at radius 3 is 2.11 bits per heavy atom. The van der Waals surface area contributed by atoms with E-state index in [1.807, 2.05) is 24.3 Å². The molecule has 0 radical (unpaired) electrons. The molecule has 4 N–H and O–H groups in total. The number of nitrogens with zero attached hydrogens (tertiary/aromatic N) is 2. The number of nitrogen functional groups attached to an aromatic ring is 1. The van der Waals surface area contributed by atoms with Gasteiger partial charge in [-0.15, -0.1) is 0 Å². The van der Waals surface area contributed by atoms with Crippen molar-refractivity contribution in [3.8, 4) is 5.75 Å². The summed E-state index contributed by atoms with van der Waals surface area (Å²) >= 11 is 0. The standard InChI is InChI=1S/C22H27N5O/c1-4-5-10-28-19-8-6-17(7-9-19)26-21-20(23)22(25-14-24-21)27-18-12-15(2)11-16(3)13-18/h6-9,11-14H,4-5,10,23H2,1-3H3,(H2,24,25,26,27). The molecule has 6 heteroatoms. The molecule has 0 atom stereocenters. The molecule has 0 unspecified atom stereocenters. The highest BCUT2D eigenvalue weighted by Crippen LogP contribution is 2.29. The van der Waals surface area contributed by atoms with Crippen molar-refractivity contribution < 1.29 is 4.74 Å². The highest BCUT2D eigenvalue weighted by Gasteiger charge is 2.09. The van der Waals surface area contributed by atoms with Crippen LogP contribution in [-0.2, 0) is 0 Å². The number of benzene rings is 2. The minimum absolute atomic E-state index is 0.463. The van der Waals surface area contributed by atoms with Crippen LogP contribution in [0.2, 0.25) is 0 Å². The average Bonchev–Trinajstić information content (AvgIpc) is 2.66. The number of ether oxygens (including phenoxy) is 1. The van der Waals surface area contributed by atoms with Crippen molar-refractivity contribution in [3.63, 3.8) is 0 Å². The van der Waals surface area contributed by atoms with Gasteiger partial charge in [0, 0.05) is 11.4 Å². The zero-order chi connectivity index (χ0) is 19.9. The maximum Gasteiger partial charge on any atom is 0.159 e. The summed E-state index contributed by atoms with van der Waals surface area (Å²) in [6.45, 7) is 7.00. The van der Waals surface area contributed by atoms with Gasteiger partial charge in [-0.05, 0) is 67.8 Å². The summed E-state index contributed by atoms with van der Waals surface area (Å²) in [5, 5.41) is 6.53. The largest absolute Gasteiger partial charge is 0.494 e. The third kappa shape index (κ3) is 5.13. The van der Waals surface area contributed by atoms with Gasteiger partial charge in [-0.1, -0.05) is 19.4 Å². The van der Waals surface area contributed by atoms with Crippen LogP contribution in [0, 0.1) is 13.8 Å². The highest BCUT2D eigenvalue weighted by molar-refractivity contribution is 5.80. The molecule has 1 heterocycles. The van der Waals surface area contributed by atoms with E-state index in [-0.39, 0.29) is 0 Å². The molecule has 0 spiro atoms. The lowest BCUT2D eigenvalue weighted by molar-refractivity contribution is 0.309. The van der Waals surface area contributed by atoms with Gasteiger partial charge in [0.2, 0.25) is 0 Å². The first-order chi connectivity index (χ1) is 13.5. The molecule has 3 aromatic rings. The molecule has 0 saturated carbocycles. The van der Waals surface area contributed by atoms with E-state index in [4.69, 9.17) is 10.5 Å². The lowest BCUT2D eigenvalue weighted by Crippen LogP contribution is -2.05. The first-order valence-electron chi connectivity index (χ1n) is 9.51. The number of hydrogen-bond donors (Lipinski definition) is 3. The summed E-state index contributed by atoms with van der Waals surface area (Å²) in [4.78, 5) is 8.56. The zero-order valence-corrected chi connectivity index (χ0v) is 16.6. The van der Waals surface area contributed by atoms with Crippen LogP contribution in [0.3, 0.4) is 0 Å². The molecule has 28 heavy (non-hydrogen) atoms. The number of nitrogens with one attached hydrogen (secondary N) is 2. The van der Waals surface area contributed by atoms with Crippen molar-refractivity contribution in [3.05, 3.63) is 59.9 Å². The molecular weight excluding hydrogens is 350 g/mol. The van der Waals surface area contributed by atoms with E-state index in [1.54, 1.807) is 0 Å². The van der Waals surface area contributed by atoms with Crippen molar-refractivity contribution in [2.75, 3.05) is 23.0 Å². The molecule has 0 aliphatic heterocycles. The van der Waals surface area contributed by atoms with Gasteiger partial charge in [0.05, 0.1) is 6.61 Å². The van der Waals surface area contributed by atoms with Gasteiger partial charge in [-0.3, -0.25) is 0 Å². The van der Waals surface area contributed by atoms with Gasteiger partial charge >= 0.3 is 0 Å². The van der Waals surface area contributed by atoms with Crippen LogP contribution < -0.4 is 21.1 Å². The number of nitrogens with two attached hydrogens (primary N) is 1. The average molecular weight is 377 g/mol. The molecule has 0 saturated heterocycles. The molecule has 3 rings (SSSR count). The first-order valence-corrected chi connectivity index (χ1v) is 9.51. The van der Waals surface area contributed by atoms with E-state index in [0.29, 0.717) is 17.3 Å². The maximum atomic E-state index is 6.29. The number of aryl methyl sites for hydroxylation is 2. The van der Waals surface area contributed by atoms with E-state index in [1.165, 1.54) is 17.5 Å². The fraction of sp³-hybridized carbons (Fsp3) is 0.273. The van der Waals surface area contributed by atoms with Gasteiger partial charge in [-0.25, -0.2) is 9.97 Å². The highest BCUT2D eigenvalue weighted by atomic mass is 16.5. The van der Waals surface area contributed by atoms with Gasteiger partial charge < -0.3 is 21.1 Å². The van der Waals surface area contributed by atoms with Crippen molar-refractivity contribution >= 4 is 28.7 Å². The Morgan fingerprint density at radius 2 is 1.50 bits per heavy atom. The summed E-state index contributed by atoms with van der Waals surface area (Å²) in [5.74, 6) is 1.98. The van der Waals surface area contributed by atoms with Crippen molar-refractivity contribution in [1.82, 2.24) is 9.97 Å². The van der Waals surface area contributed by atoms with E-state index < -0.39 is 0 Å². The van der Waals surface area contributed by atoms with E-state index >= 15 is 0 Å². The molecule has 6 nitrogen and oxygen atoms in total. The second-order valence-corrected chi connectivity index (χ2v) is 6.84. The molecule has 0 amide bonds. The van der Waals surface area contributed by atoms with Crippen LogP contribution >= 0.6 is 0 Å². The minimum Gasteiger partial charge on any atom is -0.494 e. The Kier molecular flexibility index (Phi) is 6.32. The topological polar surface area (TPSA) is 85.1 Å². The van der Waals surface area contributed by atoms with Gasteiger partial charge in [-0.2, -0.15) is 0 Å². The Morgan fingerprint density at radius 1 is 0.893 bits per heavy atom. The molecule has 0 aliphatic rings. The maximum absolute atomic E-state index is 6.29. The van der Waals surface area contributed by atoms with Crippen molar-refractivity contribution in [2.24, 2.45) is 0 Å². The smallest absolute Gasteiger partial charge is 0.159 e. The summed E-state index contributed by atoms with van der Waals surface area (Å²) in [6.07, 6.45) is 3.66. The Balaban J connectivity index is 1.72. The summed E-state index contributed by atoms with van der Waals surface area (Å²) in [6, 6.07) is 14.0. The predicted molar refractivity (Wildman–Crippen MR) is 116 cm³/mol. The number of anilines is 5. The van der Waals surface area contributed by atoms with E-state index in [0.717, 1.165) is 36.6 Å². The number of aromatic nitrogens is 2. The quantitative estimate of drug-likeness (QED) is 0.459. The van der Waals surface area contributed by atoms with Crippen LogP contribution in [0.4, 0.5) is 28.7 Å². The fourth-order valence-electron chi connectivity index (χ4n) is 2.88.